The van der Waals surface area contributed by atoms with E-state index in [0.29, 0.717) is 6.04 Å². The third-order valence-corrected chi connectivity index (χ3v) is 4.94. The largest absolute Gasteiger partial charge is 0.351 e. The molecule has 1 saturated heterocycles. The summed E-state index contributed by atoms with van der Waals surface area (Å²) in [5.74, 6) is 0.991. The molecule has 0 spiro atoms. The van der Waals surface area contributed by atoms with Crippen LogP contribution in [-0.4, -0.2) is 34.3 Å². The molecule has 1 fully saturated rings. The highest BCUT2D eigenvalue weighted by atomic mass is 32.1. The first-order chi connectivity index (χ1) is 10.9. The van der Waals surface area contributed by atoms with Crippen LogP contribution in [0, 0.1) is 0 Å². The van der Waals surface area contributed by atoms with E-state index in [1.165, 1.54) is 17.8 Å². The summed E-state index contributed by atoms with van der Waals surface area (Å²) in [6.07, 6.45) is 6.41. The zero-order valence-corrected chi connectivity index (χ0v) is 13.9. The van der Waals surface area contributed by atoms with E-state index >= 15 is 0 Å². The minimum atomic E-state index is 0.505. The summed E-state index contributed by atoms with van der Waals surface area (Å²) in [5, 5.41) is 15.2. The predicted molar refractivity (Wildman–Crippen MR) is 90.2 cm³/mol. The smallest absolute Gasteiger partial charge is 0.151 e. The average Bonchev–Trinajstić information content (AvgIpc) is 3.18. The quantitative estimate of drug-likeness (QED) is 0.851. The maximum Gasteiger partial charge on any atom is 0.151 e. The van der Waals surface area contributed by atoms with Crippen LogP contribution in [0.3, 0.4) is 0 Å². The molecule has 1 aliphatic heterocycles. The summed E-state index contributed by atoms with van der Waals surface area (Å²) in [6, 6.07) is 4.50. The minimum absolute atomic E-state index is 0.505. The Hall–Kier alpha value is -1.53. The molecule has 0 saturated carbocycles. The van der Waals surface area contributed by atoms with E-state index in [4.69, 9.17) is 0 Å². The van der Waals surface area contributed by atoms with Crippen LogP contribution in [0.4, 0.5) is 5.82 Å². The van der Waals surface area contributed by atoms with Crippen LogP contribution in [0.5, 0.6) is 0 Å². The first kappa shape index (κ1) is 15.4. The van der Waals surface area contributed by atoms with Crippen molar-refractivity contribution in [3.05, 3.63) is 34.4 Å². The van der Waals surface area contributed by atoms with Gasteiger partial charge in [0, 0.05) is 37.3 Å². The van der Waals surface area contributed by atoms with Gasteiger partial charge in [-0.3, -0.25) is 0 Å². The predicted octanol–water partition coefficient (Wildman–Crippen LogP) is 2.64. The van der Waals surface area contributed by atoms with E-state index in [9.17, 15) is 0 Å². The number of nitrogens with one attached hydrogen (secondary N) is 1. The molecule has 2 aromatic rings. The Bertz CT molecular complexity index is 571. The lowest BCUT2D eigenvalue weighted by molar-refractivity contribution is 0.565. The van der Waals surface area contributed by atoms with Crippen molar-refractivity contribution in [2.75, 3.05) is 18.0 Å². The fraction of sp³-hybridized carbons (Fsp3) is 0.562. The second-order valence-electron chi connectivity index (χ2n) is 5.68. The topological polar surface area (TPSA) is 53.9 Å². The molecule has 5 nitrogen and oxygen atoms in total. The van der Waals surface area contributed by atoms with Crippen LogP contribution in [0.15, 0.2) is 23.7 Å². The van der Waals surface area contributed by atoms with Crippen LogP contribution in [0.2, 0.25) is 0 Å². The molecule has 1 aliphatic rings. The monoisotopic (exact) mass is 317 g/mol. The fourth-order valence-corrected chi connectivity index (χ4v) is 3.82. The van der Waals surface area contributed by atoms with Gasteiger partial charge in [0.15, 0.2) is 5.82 Å². The average molecular weight is 317 g/mol. The van der Waals surface area contributed by atoms with Crippen molar-refractivity contribution >= 4 is 17.2 Å². The summed E-state index contributed by atoms with van der Waals surface area (Å²) in [7, 11) is 0. The van der Waals surface area contributed by atoms with Crippen molar-refractivity contribution in [1.82, 2.24) is 20.5 Å². The SMILES string of the molecule is CCCc1nc(CNC[C@@H]2CCCN2c2cccnn2)cs1. The molecule has 0 aliphatic carbocycles. The summed E-state index contributed by atoms with van der Waals surface area (Å²) in [5.41, 5.74) is 1.16. The standard InChI is InChI=1S/C16H23N5S/c1-2-5-16-19-13(12-22-16)10-17-11-14-6-4-9-21(14)15-7-3-8-18-20-15/h3,7-8,12,14,17H,2,4-6,9-11H2,1H3/t14-/m0/s1. The zero-order valence-electron chi connectivity index (χ0n) is 13.0. The number of aryl methyl sites for hydroxylation is 1. The van der Waals surface area contributed by atoms with E-state index in [2.05, 4.69) is 37.7 Å². The molecule has 0 bridgehead atoms. The third-order valence-electron chi connectivity index (χ3n) is 3.98. The Labute approximate surface area is 135 Å². The number of hydrogen-bond donors (Lipinski definition) is 1. The number of hydrogen-bond acceptors (Lipinski definition) is 6. The Morgan fingerprint density at radius 3 is 3.23 bits per heavy atom. The van der Waals surface area contributed by atoms with Crippen molar-refractivity contribution in [3.8, 4) is 0 Å². The maximum atomic E-state index is 4.66. The van der Waals surface area contributed by atoms with Gasteiger partial charge >= 0.3 is 0 Å². The van der Waals surface area contributed by atoms with Crippen LogP contribution in [0.25, 0.3) is 0 Å². The van der Waals surface area contributed by atoms with Crippen molar-refractivity contribution in [2.45, 2.75) is 45.2 Å². The normalized spacial score (nSPS) is 18.0. The molecule has 0 amide bonds. The van der Waals surface area contributed by atoms with E-state index in [1.54, 1.807) is 17.5 Å². The maximum absolute atomic E-state index is 4.66. The van der Waals surface area contributed by atoms with Crippen molar-refractivity contribution in [1.29, 1.82) is 0 Å². The Balaban J connectivity index is 1.50. The molecule has 3 heterocycles. The zero-order chi connectivity index (χ0) is 15.2. The van der Waals surface area contributed by atoms with Gasteiger partial charge in [-0.05, 0) is 37.8 Å². The Morgan fingerprint density at radius 2 is 2.41 bits per heavy atom. The molecular weight excluding hydrogens is 294 g/mol. The van der Waals surface area contributed by atoms with Crippen molar-refractivity contribution < 1.29 is 0 Å². The summed E-state index contributed by atoms with van der Waals surface area (Å²) < 4.78 is 0. The van der Waals surface area contributed by atoms with E-state index in [1.807, 2.05) is 12.1 Å². The molecule has 6 heteroatoms. The van der Waals surface area contributed by atoms with Gasteiger partial charge in [-0.15, -0.1) is 16.4 Å². The highest BCUT2D eigenvalue weighted by molar-refractivity contribution is 7.09. The van der Waals surface area contributed by atoms with Gasteiger partial charge in [-0.1, -0.05) is 6.92 Å². The summed E-state index contributed by atoms with van der Waals surface area (Å²) in [4.78, 5) is 7.03. The molecule has 2 aromatic heterocycles. The van der Waals surface area contributed by atoms with Gasteiger partial charge < -0.3 is 10.2 Å². The van der Waals surface area contributed by atoms with Crippen LogP contribution in [0.1, 0.15) is 36.9 Å². The number of rotatable bonds is 7. The molecular formula is C16H23N5S. The minimum Gasteiger partial charge on any atom is -0.351 e. The highest BCUT2D eigenvalue weighted by Gasteiger charge is 2.25. The first-order valence-corrected chi connectivity index (χ1v) is 8.93. The second kappa shape index (κ2) is 7.65. The molecule has 1 N–H and O–H groups in total. The Morgan fingerprint density at radius 1 is 1.45 bits per heavy atom. The van der Waals surface area contributed by atoms with Crippen molar-refractivity contribution in [3.63, 3.8) is 0 Å². The molecule has 0 radical (unpaired) electrons. The van der Waals surface area contributed by atoms with Gasteiger partial charge in [0.2, 0.25) is 0 Å². The number of nitrogens with zero attached hydrogens (tertiary/aromatic N) is 4. The lowest BCUT2D eigenvalue weighted by atomic mass is 10.2. The molecule has 1 atom stereocenters. The first-order valence-electron chi connectivity index (χ1n) is 8.05. The number of aromatic nitrogens is 3. The van der Waals surface area contributed by atoms with Crippen molar-refractivity contribution in [2.24, 2.45) is 0 Å². The molecule has 22 heavy (non-hydrogen) atoms. The van der Waals surface area contributed by atoms with E-state index in [-0.39, 0.29) is 0 Å². The van der Waals surface area contributed by atoms with Gasteiger partial charge in [-0.2, -0.15) is 5.10 Å². The van der Waals surface area contributed by atoms with Gasteiger partial charge in [0.25, 0.3) is 0 Å². The summed E-state index contributed by atoms with van der Waals surface area (Å²) in [6.45, 7) is 5.09. The molecule has 118 valence electrons. The Kier molecular flexibility index (Phi) is 5.34. The third kappa shape index (κ3) is 3.81. The lowest BCUT2D eigenvalue weighted by Crippen LogP contribution is -2.38. The summed E-state index contributed by atoms with van der Waals surface area (Å²) >= 11 is 1.77. The highest BCUT2D eigenvalue weighted by Crippen LogP contribution is 2.22. The van der Waals surface area contributed by atoms with Gasteiger partial charge in [0.05, 0.1) is 10.7 Å². The molecule has 3 rings (SSSR count). The second-order valence-corrected chi connectivity index (χ2v) is 6.63. The number of thiazole rings is 1. The van der Waals surface area contributed by atoms with Gasteiger partial charge in [0.1, 0.15) is 0 Å². The fourth-order valence-electron chi connectivity index (χ4n) is 2.92. The van der Waals surface area contributed by atoms with Crippen LogP contribution >= 0.6 is 11.3 Å². The van der Waals surface area contributed by atoms with E-state index in [0.717, 1.165) is 44.0 Å². The van der Waals surface area contributed by atoms with Gasteiger partial charge in [-0.25, -0.2) is 4.98 Å². The lowest BCUT2D eigenvalue weighted by Gasteiger charge is -2.25. The number of anilines is 1. The van der Waals surface area contributed by atoms with E-state index < -0.39 is 0 Å². The van der Waals surface area contributed by atoms with Crippen LogP contribution < -0.4 is 10.2 Å². The molecule has 0 unspecified atom stereocenters. The van der Waals surface area contributed by atoms with Crippen LogP contribution in [-0.2, 0) is 13.0 Å². The molecule has 0 aromatic carbocycles.